The minimum Gasteiger partial charge on any atom is -0.396 e. The fraction of sp³-hybridized carbons (Fsp3) is 0.364. The Labute approximate surface area is 96.9 Å². The molecule has 0 saturated carbocycles. The van der Waals surface area contributed by atoms with Gasteiger partial charge in [-0.1, -0.05) is 0 Å². The summed E-state index contributed by atoms with van der Waals surface area (Å²) in [7, 11) is 0. The third-order valence-corrected chi connectivity index (χ3v) is 2.53. The number of nitrogens with two attached hydrogens (primary N) is 1. The highest BCUT2D eigenvalue weighted by atomic mass is 19.1. The molecule has 0 bridgehead atoms. The summed E-state index contributed by atoms with van der Waals surface area (Å²) in [6, 6.07) is 1.66. The van der Waals surface area contributed by atoms with Crippen LogP contribution < -0.4 is 5.73 Å². The second-order valence-electron chi connectivity index (χ2n) is 3.80. The summed E-state index contributed by atoms with van der Waals surface area (Å²) in [4.78, 5) is 16.9. The monoisotopic (exact) mass is 242 g/mol. The summed E-state index contributed by atoms with van der Waals surface area (Å²) >= 11 is 0. The van der Waals surface area contributed by atoms with Gasteiger partial charge in [0, 0.05) is 6.54 Å². The van der Waals surface area contributed by atoms with Gasteiger partial charge in [0.15, 0.2) is 5.82 Å². The topological polar surface area (TPSA) is 55.6 Å². The van der Waals surface area contributed by atoms with Crippen molar-refractivity contribution < 1.29 is 18.4 Å². The summed E-state index contributed by atoms with van der Waals surface area (Å²) in [6.45, 7) is 0.771. The van der Waals surface area contributed by atoms with Crippen LogP contribution in [0.4, 0.5) is 14.5 Å². The van der Waals surface area contributed by atoms with Crippen LogP contribution in [0.5, 0.6) is 0 Å². The van der Waals surface area contributed by atoms with Crippen molar-refractivity contribution in [3.63, 3.8) is 0 Å². The van der Waals surface area contributed by atoms with Crippen molar-refractivity contribution in [2.75, 3.05) is 18.9 Å². The first-order chi connectivity index (χ1) is 8.09. The van der Waals surface area contributed by atoms with Gasteiger partial charge in [0.05, 0.1) is 17.9 Å². The van der Waals surface area contributed by atoms with Gasteiger partial charge in [-0.25, -0.2) is 13.8 Å². The average Bonchev–Trinajstić information content (AvgIpc) is 2.34. The second-order valence-corrected chi connectivity index (χ2v) is 3.80. The van der Waals surface area contributed by atoms with E-state index >= 15 is 0 Å². The molecule has 2 rings (SSSR count). The molecule has 0 aromatic heterocycles. The Morgan fingerprint density at radius 2 is 2.12 bits per heavy atom. The highest BCUT2D eigenvalue weighted by molar-refractivity contribution is 5.94. The minimum absolute atomic E-state index is 0.370. The second kappa shape index (κ2) is 4.67. The van der Waals surface area contributed by atoms with E-state index in [9.17, 15) is 13.6 Å². The molecule has 1 saturated heterocycles. The average molecular weight is 242 g/mol. The standard InChI is InChI=1S/C11H12F2N2O2/c12-7-5-8(10(13)9(14)6-7)11(16)15-3-1-2-4-17-15/h5-6H,1-4,14H2. The molecule has 92 valence electrons. The Kier molecular flexibility index (Phi) is 3.23. The van der Waals surface area contributed by atoms with Crippen LogP contribution in [-0.2, 0) is 4.84 Å². The third kappa shape index (κ3) is 2.36. The number of nitrogens with zero attached hydrogens (tertiary/aromatic N) is 1. The van der Waals surface area contributed by atoms with Gasteiger partial charge in [0.1, 0.15) is 5.82 Å². The molecular formula is C11H12F2N2O2. The van der Waals surface area contributed by atoms with E-state index in [-0.39, 0.29) is 5.69 Å². The largest absolute Gasteiger partial charge is 0.396 e. The Bertz CT molecular complexity index is 445. The molecule has 0 aliphatic carbocycles. The molecule has 1 aromatic carbocycles. The Morgan fingerprint density at radius 3 is 2.76 bits per heavy atom. The number of hydroxylamine groups is 2. The molecule has 2 N–H and O–H groups in total. The smallest absolute Gasteiger partial charge is 0.280 e. The van der Waals surface area contributed by atoms with Crippen LogP contribution in [0.2, 0.25) is 0 Å². The molecule has 1 amide bonds. The lowest BCUT2D eigenvalue weighted by Crippen LogP contribution is -2.36. The number of benzene rings is 1. The van der Waals surface area contributed by atoms with Crippen molar-refractivity contribution in [2.24, 2.45) is 0 Å². The van der Waals surface area contributed by atoms with Crippen LogP contribution in [0.1, 0.15) is 23.2 Å². The number of hydrogen-bond donors (Lipinski definition) is 1. The molecule has 17 heavy (non-hydrogen) atoms. The lowest BCUT2D eigenvalue weighted by molar-refractivity contribution is -0.144. The zero-order chi connectivity index (χ0) is 12.4. The molecule has 1 aliphatic heterocycles. The van der Waals surface area contributed by atoms with Gasteiger partial charge in [-0.05, 0) is 25.0 Å². The van der Waals surface area contributed by atoms with Crippen molar-refractivity contribution >= 4 is 11.6 Å². The molecule has 1 fully saturated rings. The Balaban J connectivity index is 2.29. The molecule has 0 radical (unpaired) electrons. The maximum atomic E-state index is 13.6. The summed E-state index contributed by atoms with van der Waals surface area (Å²) < 4.78 is 26.7. The normalized spacial score (nSPS) is 16.0. The summed E-state index contributed by atoms with van der Waals surface area (Å²) in [5, 5.41) is 1.04. The first-order valence-corrected chi connectivity index (χ1v) is 5.29. The lowest BCUT2D eigenvalue weighted by atomic mass is 10.1. The predicted molar refractivity (Wildman–Crippen MR) is 57.0 cm³/mol. The molecule has 1 heterocycles. The number of nitrogen functional groups attached to an aromatic ring is 1. The first-order valence-electron chi connectivity index (χ1n) is 5.29. The number of hydrogen-bond acceptors (Lipinski definition) is 3. The number of halogens is 2. The quantitative estimate of drug-likeness (QED) is 0.763. The maximum Gasteiger partial charge on any atom is 0.280 e. The van der Waals surface area contributed by atoms with Crippen molar-refractivity contribution in [1.29, 1.82) is 0 Å². The highest BCUT2D eigenvalue weighted by Gasteiger charge is 2.24. The van der Waals surface area contributed by atoms with Crippen molar-refractivity contribution in [3.05, 3.63) is 29.3 Å². The minimum atomic E-state index is -0.912. The van der Waals surface area contributed by atoms with Crippen LogP contribution in [0, 0.1) is 11.6 Å². The molecule has 4 nitrogen and oxygen atoms in total. The van der Waals surface area contributed by atoms with E-state index in [0.29, 0.717) is 13.2 Å². The maximum absolute atomic E-state index is 13.6. The number of rotatable bonds is 1. The number of amides is 1. The number of carbonyl (C=O) groups is 1. The van der Waals surface area contributed by atoms with E-state index in [2.05, 4.69) is 0 Å². The van der Waals surface area contributed by atoms with Gasteiger partial charge in [-0.3, -0.25) is 9.63 Å². The zero-order valence-electron chi connectivity index (χ0n) is 9.08. The van der Waals surface area contributed by atoms with E-state index < -0.39 is 23.1 Å². The number of anilines is 1. The van der Waals surface area contributed by atoms with Crippen LogP contribution in [0.15, 0.2) is 12.1 Å². The van der Waals surface area contributed by atoms with Crippen LogP contribution in [0.25, 0.3) is 0 Å². The van der Waals surface area contributed by atoms with Gasteiger partial charge in [0.2, 0.25) is 0 Å². The molecule has 0 spiro atoms. The van der Waals surface area contributed by atoms with Gasteiger partial charge in [-0.15, -0.1) is 0 Å². The van der Waals surface area contributed by atoms with Gasteiger partial charge >= 0.3 is 0 Å². The van der Waals surface area contributed by atoms with E-state index in [1.165, 1.54) is 0 Å². The fourth-order valence-electron chi connectivity index (χ4n) is 1.66. The lowest BCUT2D eigenvalue weighted by Gasteiger charge is -2.26. The van der Waals surface area contributed by atoms with Gasteiger partial charge in [0.25, 0.3) is 5.91 Å². The van der Waals surface area contributed by atoms with Crippen molar-refractivity contribution in [2.45, 2.75) is 12.8 Å². The van der Waals surface area contributed by atoms with E-state index in [1.807, 2.05) is 0 Å². The molecule has 1 aliphatic rings. The van der Waals surface area contributed by atoms with E-state index in [1.54, 1.807) is 0 Å². The van der Waals surface area contributed by atoms with E-state index in [4.69, 9.17) is 10.6 Å². The summed E-state index contributed by atoms with van der Waals surface area (Å²) in [5.74, 6) is -2.36. The zero-order valence-corrected chi connectivity index (χ0v) is 9.08. The Hall–Kier alpha value is -1.69. The molecule has 6 heteroatoms. The van der Waals surface area contributed by atoms with Crippen LogP contribution in [0.3, 0.4) is 0 Å². The molecule has 0 unspecified atom stereocenters. The molecule has 1 aromatic rings. The van der Waals surface area contributed by atoms with Crippen molar-refractivity contribution in [3.8, 4) is 0 Å². The fourth-order valence-corrected chi connectivity index (χ4v) is 1.66. The third-order valence-electron chi connectivity index (χ3n) is 2.53. The Morgan fingerprint density at radius 1 is 1.35 bits per heavy atom. The SMILES string of the molecule is Nc1cc(F)cc(C(=O)N2CCCCO2)c1F. The van der Waals surface area contributed by atoms with Crippen LogP contribution in [-0.4, -0.2) is 24.1 Å². The highest BCUT2D eigenvalue weighted by Crippen LogP contribution is 2.20. The first kappa shape index (κ1) is 11.8. The predicted octanol–water partition coefficient (Wildman–Crippen LogP) is 1.71. The van der Waals surface area contributed by atoms with E-state index in [0.717, 1.165) is 30.0 Å². The summed E-state index contributed by atoms with van der Waals surface area (Å²) in [6.07, 6.45) is 1.62. The van der Waals surface area contributed by atoms with Crippen molar-refractivity contribution in [1.82, 2.24) is 5.06 Å². The van der Waals surface area contributed by atoms with Gasteiger partial charge < -0.3 is 5.73 Å². The van der Waals surface area contributed by atoms with Gasteiger partial charge in [-0.2, -0.15) is 0 Å². The summed E-state index contributed by atoms with van der Waals surface area (Å²) in [5.41, 5.74) is 4.48. The molecule has 0 atom stereocenters. The number of carbonyl (C=O) groups excluding carboxylic acids is 1. The van der Waals surface area contributed by atoms with Crippen LogP contribution >= 0.6 is 0 Å². The molecular weight excluding hydrogens is 230 g/mol.